The van der Waals surface area contributed by atoms with Gasteiger partial charge in [-0.05, 0) is 43.1 Å². The normalized spacial score (nSPS) is 12.8. The van der Waals surface area contributed by atoms with Gasteiger partial charge in [0, 0.05) is 0 Å². The van der Waals surface area contributed by atoms with E-state index in [2.05, 4.69) is 19.2 Å². The summed E-state index contributed by atoms with van der Waals surface area (Å²) >= 11 is 5.86. The molecule has 19 heavy (non-hydrogen) atoms. The van der Waals surface area contributed by atoms with Gasteiger partial charge in [-0.3, -0.25) is 0 Å². The Bertz CT molecular complexity index is 324. The molecular weight excluding hydrogens is 258 g/mol. The zero-order valence-corrected chi connectivity index (χ0v) is 13.1. The van der Waals surface area contributed by atoms with Crippen LogP contribution in [-0.2, 0) is 0 Å². The zero-order chi connectivity index (χ0) is 13.9. The van der Waals surface area contributed by atoms with E-state index < -0.39 is 0 Å². The summed E-state index contributed by atoms with van der Waals surface area (Å²) in [4.78, 5) is 0. The van der Waals surface area contributed by atoms with E-state index in [1.165, 1.54) is 38.5 Å². The molecule has 0 amide bonds. The minimum atomic E-state index is 0.318. The van der Waals surface area contributed by atoms with E-state index in [1.807, 2.05) is 12.1 Å². The highest BCUT2D eigenvalue weighted by molar-refractivity contribution is 6.28. The van der Waals surface area contributed by atoms with E-state index in [0.29, 0.717) is 11.3 Å². The molecule has 1 rings (SSSR count). The van der Waals surface area contributed by atoms with Gasteiger partial charge in [0.2, 0.25) is 0 Å². The lowest BCUT2D eigenvalue weighted by atomic mass is 10.0. The van der Waals surface area contributed by atoms with Crippen molar-refractivity contribution in [2.75, 3.05) is 6.54 Å². The molecule has 1 N–H and O–H groups in total. The van der Waals surface area contributed by atoms with Crippen molar-refractivity contribution in [2.24, 2.45) is 0 Å². The quantitative estimate of drug-likeness (QED) is 0.526. The van der Waals surface area contributed by atoms with Crippen LogP contribution in [0.15, 0.2) is 16.5 Å². The maximum absolute atomic E-state index is 5.86. The van der Waals surface area contributed by atoms with Crippen LogP contribution in [0.4, 0.5) is 0 Å². The number of nitrogens with one attached hydrogen (secondary N) is 1. The van der Waals surface area contributed by atoms with Gasteiger partial charge in [-0.2, -0.15) is 0 Å². The Morgan fingerprint density at radius 3 is 2.42 bits per heavy atom. The van der Waals surface area contributed by atoms with Gasteiger partial charge in [0.1, 0.15) is 5.76 Å². The highest BCUT2D eigenvalue weighted by atomic mass is 35.5. The lowest BCUT2D eigenvalue weighted by Crippen LogP contribution is -2.21. The highest BCUT2D eigenvalue weighted by Gasteiger charge is 2.14. The third-order valence-corrected chi connectivity index (χ3v) is 3.63. The van der Waals surface area contributed by atoms with E-state index in [4.69, 9.17) is 16.0 Å². The maximum Gasteiger partial charge on any atom is 0.193 e. The molecule has 0 bridgehead atoms. The molecule has 0 radical (unpaired) electrons. The highest BCUT2D eigenvalue weighted by Crippen LogP contribution is 2.24. The third kappa shape index (κ3) is 7.03. The molecule has 0 aliphatic heterocycles. The van der Waals surface area contributed by atoms with E-state index in [0.717, 1.165) is 25.1 Å². The first-order valence-corrected chi connectivity index (χ1v) is 8.14. The Morgan fingerprint density at radius 2 is 1.79 bits per heavy atom. The number of hydrogen-bond donors (Lipinski definition) is 1. The average molecular weight is 286 g/mol. The van der Waals surface area contributed by atoms with Gasteiger partial charge in [-0.25, -0.2) is 0 Å². The van der Waals surface area contributed by atoms with Crippen molar-refractivity contribution in [1.29, 1.82) is 0 Å². The SMILES string of the molecule is CCCCCCCCC(NCCC)c1ccc(Cl)o1. The molecule has 2 nitrogen and oxygen atoms in total. The van der Waals surface area contributed by atoms with Crippen LogP contribution >= 0.6 is 11.6 Å². The second kappa shape index (κ2) is 10.3. The topological polar surface area (TPSA) is 25.2 Å². The fraction of sp³-hybridized carbons (Fsp3) is 0.750. The summed E-state index contributed by atoms with van der Waals surface area (Å²) in [6.45, 7) is 5.47. The minimum Gasteiger partial charge on any atom is -0.448 e. The van der Waals surface area contributed by atoms with Gasteiger partial charge in [-0.1, -0.05) is 52.4 Å². The molecule has 1 atom stereocenters. The second-order valence-electron chi connectivity index (χ2n) is 5.21. The first kappa shape index (κ1) is 16.6. The van der Waals surface area contributed by atoms with Crippen molar-refractivity contribution >= 4 is 11.6 Å². The molecule has 0 aliphatic rings. The predicted molar refractivity (Wildman–Crippen MR) is 82.7 cm³/mol. The van der Waals surface area contributed by atoms with Gasteiger partial charge in [0.15, 0.2) is 5.22 Å². The average Bonchev–Trinajstić information content (AvgIpc) is 2.83. The van der Waals surface area contributed by atoms with Crippen molar-refractivity contribution in [2.45, 2.75) is 71.3 Å². The number of unbranched alkanes of at least 4 members (excludes halogenated alkanes) is 5. The molecule has 0 fully saturated rings. The van der Waals surface area contributed by atoms with Crippen molar-refractivity contribution < 1.29 is 4.42 Å². The van der Waals surface area contributed by atoms with Crippen LogP contribution in [0.25, 0.3) is 0 Å². The standard InChI is InChI=1S/C16H28ClNO/c1-3-5-6-7-8-9-10-14(18-13-4-2)15-11-12-16(17)19-15/h11-12,14,18H,3-10,13H2,1-2H3. The number of rotatable bonds is 11. The molecule has 0 spiro atoms. The summed E-state index contributed by atoms with van der Waals surface area (Å²) in [6.07, 6.45) is 10.2. The van der Waals surface area contributed by atoms with Gasteiger partial charge < -0.3 is 9.73 Å². The first-order valence-electron chi connectivity index (χ1n) is 7.76. The molecule has 0 aromatic carbocycles. The van der Waals surface area contributed by atoms with Crippen LogP contribution in [0.5, 0.6) is 0 Å². The molecule has 3 heteroatoms. The van der Waals surface area contributed by atoms with Crippen molar-refractivity contribution in [1.82, 2.24) is 5.32 Å². The van der Waals surface area contributed by atoms with E-state index >= 15 is 0 Å². The molecule has 1 heterocycles. The minimum absolute atomic E-state index is 0.318. The fourth-order valence-corrected chi connectivity index (χ4v) is 2.46. The Labute approximate surface area is 122 Å². The molecule has 0 saturated carbocycles. The van der Waals surface area contributed by atoms with Crippen molar-refractivity contribution in [3.05, 3.63) is 23.1 Å². The van der Waals surface area contributed by atoms with Crippen LogP contribution in [0.3, 0.4) is 0 Å². The van der Waals surface area contributed by atoms with E-state index in [-0.39, 0.29) is 0 Å². The summed E-state index contributed by atoms with van der Waals surface area (Å²) in [5.41, 5.74) is 0. The van der Waals surface area contributed by atoms with Crippen LogP contribution in [0.1, 0.15) is 77.0 Å². The van der Waals surface area contributed by atoms with Gasteiger partial charge in [0.25, 0.3) is 0 Å². The molecular formula is C16H28ClNO. The number of hydrogen-bond acceptors (Lipinski definition) is 2. The second-order valence-corrected chi connectivity index (χ2v) is 5.58. The fourth-order valence-electron chi connectivity index (χ4n) is 2.31. The largest absolute Gasteiger partial charge is 0.448 e. The van der Waals surface area contributed by atoms with Crippen LogP contribution in [-0.4, -0.2) is 6.54 Å². The van der Waals surface area contributed by atoms with Crippen LogP contribution in [0, 0.1) is 0 Å². The lowest BCUT2D eigenvalue weighted by molar-refractivity contribution is 0.384. The third-order valence-electron chi connectivity index (χ3n) is 3.42. The van der Waals surface area contributed by atoms with E-state index in [1.54, 1.807) is 0 Å². The predicted octanol–water partition coefficient (Wildman–Crippen LogP) is 5.72. The summed E-state index contributed by atoms with van der Waals surface area (Å²) < 4.78 is 5.54. The molecule has 1 aromatic heterocycles. The zero-order valence-electron chi connectivity index (χ0n) is 12.4. The Hall–Kier alpha value is -0.470. The Balaban J connectivity index is 2.29. The van der Waals surface area contributed by atoms with Gasteiger partial charge in [0.05, 0.1) is 6.04 Å². The van der Waals surface area contributed by atoms with Crippen molar-refractivity contribution in [3.8, 4) is 0 Å². The molecule has 0 saturated heterocycles. The summed E-state index contributed by atoms with van der Waals surface area (Å²) in [7, 11) is 0. The van der Waals surface area contributed by atoms with Crippen LogP contribution < -0.4 is 5.32 Å². The smallest absolute Gasteiger partial charge is 0.193 e. The molecule has 0 aliphatic carbocycles. The monoisotopic (exact) mass is 285 g/mol. The molecule has 110 valence electrons. The maximum atomic E-state index is 5.86. The van der Waals surface area contributed by atoms with E-state index in [9.17, 15) is 0 Å². The summed E-state index contributed by atoms with van der Waals surface area (Å²) in [6, 6.07) is 4.14. The number of furan rings is 1. The van der Waals surface area contributed by atoms with Crippen molar-refractivity contribution in [3.63, 3.8) is 0 Å². The van der Waals surface area contributed by atoms with Crippen LogP contribution in [0.2, 0.25) is 5.22 Å². The Morgan fingerprint density at radius 1 is 1.05 bits per heavy atom. The summed E-state index contributed by atoms with van der Waals surface area (Å²) in [5, 5.41) is 4.04. The first-order chi connectivity index (χ1) is 9.27. The Kier molecular flexibility index (Phi) is 9.02. The molecule has 1 unspecified atom stereocenters. The number of halogens is 1. The molecule has 1 aromatic rings. The van der Waals surface area contributed by atoms with Gasteiger partial charge in [-0.15, -0.1) is 0 Å². The lowest BCUT2D eigenvalue weighted by Gasteiger charge is -2.16. The summed E-state index contributed by atoms with van der Waals surface area (Å²) in [5.74, 6) is 0.979. The van der Waals surface area contributed by atoms with Gasteiger partial charge >= 0.3 is 0 Å².